The molecule has 1 fully saturated rings. The van der Waals surface area contributed by atoms with Gasteiger partial charge in [-0.25, -0.2) is 23.4 Å². The van der Waals surface area contributed by atoms with Crippen LogP contribution in [0.5, 0.6) is 5.75 Å². The minimum atomic E-state index is -3.54. The highest BCUT2D eigenvalue weighted by Crippen LogP contribution is 2.34. The Bertz CT molecular complexity index is 1380. The summed E-state index contributed by atoms with van der Waals surface area (Å²) >= 11 is 1.50. The van der Waals surface area contributed by atoms with Crippen molar-refractivity contribution in [3.05, 3.63) is 48.1 Å². The Labute approximate surface area is 195 Å². The van der Waals surface area contributed by atoms with Crippen LogP contribution < -0.4 is 4.74 Å². The number of sulfone groups is 1. The Morgan fingerprint density at radius 2 is 2.03 bits per heavy atom. The average Bonchev–Trinajstić information content (AvgIpc) is 3.41. The zero-order chi connectivity index (χ0) is 22.8. The van der Waals surface area contributed by atoms with Gasteiger partial charge in [0.25, 0.3) is 0 Å². The van der Waals surface area contributed by atoms with Crippen molar-refractivity contribution in [3.8, 4) is 28.4 Å². The SMILES string of the molecule is CS(=O)(=O)c1nccc(-c2c(-c3cccc(OCCN4CCOCC4)c3)nc3sccn23)n1. The highest BCUT2D eigenvalue weighted by atomic mass is 32.2. The van der Waals surface area contributed by atoms with Crippen molar-refractivity contribution >= 4 is 26.1 Å². The molecule has 0 saturated carbocycles. The molecule has 0 amide bonds. The normalized spacial score (nSPS) is 15.2. The van der Waals surface area contributed by atoms with E-state index in [1.165, 1.54) is 17.5 Å². The number of nitrogens with zero attached hydrogens (tertiary/aromatic N) is 5. The van der Waals surface area contributed by atoms with Crippen LogP contribution in [0.1, 0.15) is 0 Å². The molecule has 172 valence electrons. The molecule has 0 radical (unpaired) electrons. The fraction of sp³-hybridized carbons (Fsp3) is 0.318. The van der Waals surface area contributed by atoms with E-state index >= 15 is 0 Å². The number of aromatic nitrogens is 4. The lowest BCUT2D eigenvalue weighted by molar-refractivity contribution is 0.0322. The van der Waals surface area contributed by atoms with Crippen molar-refractivity contribution < 1.29 is 17.9 Å². The number of morpholine rings is 1. The highest BCUT2D eigenvalue weighted by molar-refractivity contribution is 7.90. The quantitative estimate of drug-likeness (QED) is 0.369. The summed E-state index contributed by atoms with van der Waals surface area (Å²) in [7, 11) is -3.54. The topological polar surface area (TPSA) is 98.9 Å². The number of rotatable bonds is 7. The van der Waals surface area contributed by atoms with E-state index in [4.69, 9.17) is 14.5 Å². The summed E-state index contributed by atoms with van der Waals surface area (Å²) in [5, 5.41) is 1.72. The van der Waals surface area contributed by atoms with Gasteiger partial charge in [0.05, 0.1) is 24.6 Å². The second-order valence-corrected chi connectivity index (χ2v) is 10.5. The maximum Gasteiger partial charge on any atom is 0.247 e. The third kappa shape index (κ3) is 4.76. The molecular formula is C22H23N5O4S2. The van der Waals surface area contributed by atoms with E-state index in [0.717, 1.165) is 55.4 Å². The molecule has 11 heteroatoms. The molecule has 33 heavy (non-hydrogen) atoms. The fourth-order valence-corrected chi connectivity index (χ4v) is 4.96. The van der Waals surface area contributed by atoms with Gasteiger partial charge < -0.3 is 9.47 Å². The monoisotopic (exact) mass is 485 g/mol. The maximum absolute atomic E-state index is 12.0. The number of benzene rings is 1. The molecule has 0 bridgehead atoms. The van der Waals surface area contributed by atoms with Crippen LogP contribution in [0.2, 0.25) is 0 Å². The second-order valence-electron chi connectivity index (χ2n) is 7.69. The van der Waals surface area contributed by atoms with E-state index in [1.807, 2.05) is 40.2 Å². The number of imidazole rings is 1. The summed E-state index contributed by atoms with van der Waals surface area (Å²) in [5.74, 6) is 0.752. The van der Waals surface area contributed by atoms with Crippen molar-refractivity contribution in [1.29, 1.82) is 0 Å². The van der Waals surface area contributed by atoms with Crippen LogP contribution in [0, 0.1) is 0 Å². The average molecular weight is 486 g/mol. The van der Waals surface area contributed by atoms with Crippen molar-refractivity contribution in [2.24, 2.45) is 0 Å². The van der Waals surface area contributed by atoms with Crippen LogP contribution in [0.25, 0.3) is 27.6 Å². The third-order valence-electron chi connectivity index (χ3n) is 5.36. The number of hydrogen-bond acceptors (Lipinski definition) is 9. The lowest BCUT2D eigenvalue weighted by atomic mass is 10.1. The first-order valence-corrected chi connectivity index (χ1v) is 13.3. The molecule has 1 saturated heterocycles. The van der Waals surface area contributed by atoms with Gasteiger partial charge in [0.15, 0.2) is 4.96 Å². The van der Waals surface area contributed by atoms with Gasteiger partial charge in [0.1, 0.15) is 18.1 Å². The fourth-order valence-electron chi connectivity index (χ4n) is 3.73. The van der Waals surface area contributed by atoms with Gasteiger partial charge in [-0.15, -0.1) is 11.3 Å². The molecule has 4 heterocycles. The number of ether oxygens (including phenoxy) is 2. The molecule has 0 atom stereocenters. The highest BCUT2D eigenvalue weighted by Gasteiger charge is 2.21. The Kier molecular flexibility index (Phi) is 6.11. The second kappa shape index (κ2) is 9.18. The molecule has 4 aromatic rings. The molecular weight excluding hydrogens is 462 g/mol. The smallest absolute Gasteiger partial charge is 0.247 e. The number of thiazole rings is 1. The van der Waals surface area contributed by atoms with Gasteiger partial charge in [-0.1, -0.05) is 12.1 Å². The van der Waals surface area contributed by atoms with Gasteiger partial charge in [-0.3, -0.25) is 9.30 Å². The largest absolute Gasteiger partial charge is 0.492 e. The Hall–Kier alpha value is -2.86. The van der Waals surface area contributed by atoms with Gasteiger partial charge in [-0.05, 0) is 18.2 Å². The van der Waals surface area contributed by atoms with E-state index in [9.17, 15) is 8.42 Å². The lowest BCUT2D eigenvalue weighted by Crippen LogP contribution is -2.38. The van der Waals surface area contributed by atoms with Gasteiger partial charge in [0, 0.05) is 49.2 Å². The zero-order valence-electron chi connectivity index (χ0n) is 18.0. The lowest BCUT2D eigenvalue weighted by Gasteiger charge is -2.26. The van der Waals surface area contributed by atoms with E-state index in [1.54, 1.807) is 6.07 Å². The molecule has 0 unspecified atom stereocenters. The van der Waals surface area contributed by atoms with Gasteiger partial charge in [0.2, 0.25) is 15.0 Å². The zero-order valence-corrected chi connectivity index (χ0v) is 19.7. The first kappa shape index (κ1) is 22.0. The summed E-state index contributed by atoms with van der Waals surface area (Å²) < 4.78 is 37.3. The summed E-state index contributed by atoms with van der Waals surface area (Å²) in [6.45, 7) is 4.80. The number of hydrogen-bond donors (Lipinski definition) is 0. The first-order valence-electron chi connectivity index (χ1n) is 10.5. The van der Waals surface area contributed by atoms with Crippen LogP contribution in [0.4, 0.5) is 0 Å². The summed E-state index contributed by atoms with van der Waals surface area (Å²) in [6.07, 6.45) is 4.46. The minimum Gasteiger partial charge on any atom is -0.492 e. The molecule has 0 aliphatic carbocycles. The Balaban J connectivity index is 1.46. The third-order valence-corrected chi connectivity index (χ3v) is 6.97. The Morgan fingerprint density at radius 3 is 2.85 bits per heavy atom. The van der Waals surface area contributed by atoms with E-state index in [0.29, 0.717) is 23.7 Å². The maximum atomic E-state index is 12.0. The molecule has 1 aliphatic rings. The number of fused-ring (bicyclic) bond motifs is 1. The van der Waals surface area contributed by atoms with Gasteiger partial charge >= 0.3 is 0 Å². The van der Waals surface area contributed by atoms with E-state index in [-0.39, 0.29) is 5.16 Å². The van der Waals surface area contributed by atoms with Crippen molar-refractivity contribution in [2.45, 2.75) is 5.16 Å². The summed E-state index contributed by atoms with van der Waals surface area (Å²) in [6, 6.07) is 9.46. The molecule has 9 nitrogen and oxygen atoms in total. The molecule has 1 aromatic carbocycles. The molecule has 1 aliphatic heterocycles. The van der Waals surface area contributed by atoms with E-state index in [2.05, 4.69) is 14.9 Å². The predicted octanol–water partition coefficient (Wildman–Crippen LogP) is 2.63. The van der Waals surface area contributed by atoms with Crippen LogP contribution in [-0.4, -0.2) is 78.4 Å². The van der Waals surface area contributed by atoms with Crippen molar-refractivity contribution in [2.75, 3.05) is 45.7 Å². The summed E-state index contributed by atoms with van der Waals surface area (Å²) in [5.41, 5.74) is 2.77. The Morgan fingerprint density at radius 1 is 1.18 bits per heavy atom. The van der Waals surface area contributed by atoms with Gasteiger partial charge in [-0.2, -0.15) is 0 Å². The van der Waals surface area contributed by atoms with Crippen LogP contribution >= 0.6 is 11.3 Å². The van der Waals surface area contributed by atoms with Crippen molar-refractivity contribution in [3.63, 3.8) is 0 Å². The van der Waals surface area contributed by atoms with Crippen LogP contribution in [-0.2, 0) is 14.6 Å². The molecule has 5 rings (SSSR count). The van der Waals surface area contributed by atoms with Crippen LogP contribution in [0.3, 0.4) is 0 Å². The molecule has 0 spiro atoms. The molecule has 3 aromatic heterocycles. The predicted molar refractivity (Wildman–Crippen MR) is 125 cm³/mol. The molecule has 0 N–H and O–H groups in total. The van der Waals surface area contributed by atoms with E-state index < -0.39 is 9.84 Å². The first-order chi connectivity index (χ1) is 16.0. The van der Waals surface area contributed by atoms with Crippen molar-refractivity contribution in [1.82, 2.24) is 24.3 Å². The minimum absolute atomic E-state index is 0.212. The standard InChI is InChI=1S/C22H23N5O4S2/c1-33(28,29)21-23-6-5-18(24-21)20-19(25-22-27(20)10-14-32-22)16-3-2-4-17(15-16)31-13-9-26-7-11-30-12-8-26/h2-6,10,14-15H,7-9,11-13H2,1H3. The van der Waals surface area contributed by atoms with Crippen LogP contribution in [0.15, 0.2) is 53.3 Å². The summed E-state index contributed by atoms with van der Waals surface area (Å²) in [4.78, 5) is 16.2.